The smallest absolute Gasteiger partial charge is 0.126 e. The number of hydrogen-bond acceptors (Lipinski definition) is 3. The topological polar surface area (TPSA) is 30.5 Å². The van der Waals surface area contributed by atoms with Crippen LogP contribution < -0.4 is 10.1 Å². The van der Waals surface area contributed by atoms with Crippen molar-refractivity contribution in [3.63, 3.8) is 0 Å². The molecule has 1 N–H and O–H groups in total. The number of aryl methyl sites for hydroxylation is 1. The normalized spacial score (nSPS) is 24.4. The maximum atomic E-state index is 5.52. The lowest BCUT2D eigenvalue weighted by molar-refractivity contribution is 0.0637. The van der Waals surface area contributed by atoms with Crippen molar-refractivity contribution >= 4 is 6.08 Å². The largest absolute Gasteiger partial charge is 0.496 e. The Morgan fingerprint density at radius 1 is 1.39 bits per heavy atom. The van der Waals surface area contributed by atoms with Gasteiger partial charge in [-0.15, -0.1) is 0 Å². The van der Waals surface area contributed by atoms with Gasteiger partial charge in [0.1, 0.15) is 5.75 Å². The van der Waals surface area contributed by atoms with Crippen molar-refractivity contribution in [1.29, 1.82) is 0 Å². The molecule has 2 unspecified atom stereocenters. The van der Waals surface area contributed by atoms with E-state index in [0.29, 0.717) is 6.04 Å². The Morgan fingerprint density at radius 2 is 2.22 bits per heavy atom. The van der Waals surface area contributed by atoms with Gasteiger partial charge in [-0.2, -0.15) is 0 Å². The molecule has 0 aliphatic carbocycles. The summed E-state index contributed by atoms with van der Waals surface area (Å²) >= 11 is 0. The van der Waals surface area contributed by atoms with Gasteiger partial charge in [0.05, 0.1) is 20.3 Å². The fraction of sp³-hybridized carbons (Fsp3) is 0.467. The van der Waals surface area contributed by atoms with Crippen LogP contribution in [0.1, 0.15) is 18.1 Å². The van der Waals surface area contributed by atoms with Gasteiger partial charge >= 0.3 is 0 Å². The van der Waals surface area contributed by atoms with Gasteiger partial charge in [0, 0.05) is 17.6 Å². The minimum absolute atomic E-state index is 0.277. The summed E-state index contributed by atoms with van der Waals surface area (Å²) in [5.41, 5.74) is 2.34. The molecule has 1 aromatic carbocycles. The van der Waals surface area contributed by atoms with Crippen LogP contribution in [0.4, 0.5) is 0 Å². The molecule has 0 bridgehead atoms. The van der Waals surface area contributed by atoms with E-state index in [9.17, 15) is 0 Å². The fourth-order valence-corrected chi connectivity index (χ4v) is 2.15. The minimum Gasteiger partial charge on any atom is -0.496 e. The Hall–Kier alpha value is -1.32. The van der Waals surface area contributed by atoms with E-state index in [1.165, 1.54) is 5.56 Å². The quantitative estimate of drug-likeness (QED) is 0.889. The van der Waals surface area contributed by atoms with Crippen LogP contribution in [-0.4, -0.2) is 32.4 Å². The molecule has 2 rings (SSSR count). The summed E-state index contributed by atoms with van der Waals surface area (Å²) in [5, 5.41) is 3.49. The number of hydrogen-bond donors (Lipinski definition) is 1. The van der Waals surface area contributed by atoms with Crippen LogP contribution in [0.3, 0.4) is 0 Å². The highest BCUT2D eigenvalue weighted by Gasteiger charge is 2.15. The summed E-state index contributed by atoms with van der Waals surface area (Å²) in [6.07, 6.45) is 4.25. The standard InChI is InChI=1S/C15H21NO2/c1-11-4-7-15(17-3)13(8-11)5-6-14-10-18-9-12(2)16-14/h4-8,12,14,16H,9-10H2,1-3H3/b6-5+. The summed E-state index contributed by atoms with van der Waals surface area (Å²) in [5.74, 6) is 0.904. The lowest BCUT2D eigenvalue weighted by atomic mass is 10.1. The van der Waals surface area contributed by atoms with Crippen LogP contribution in [0, 0.1) is 6.92 Å². The molecule has 0 amide bonds. The Balaban J connectivity index is 2.10. The second-order valence-electron chi connectivity index (χ2n) is 4.82. The van der Waals surface area contributed by atoms with E-state index < -0.39 is 0 Å². The van der Waals surface area contributed by atoms with Crippen LogP contribution in [0.15, 0.2) is 24.3 Å². The van der Waals surface area contributed by atoms with Gasteiger partial charge in [0.25, 0.3) is 0 Å². The van der Waals surface area contributed by atoms with E-state index in [2.05, 4.69) is 43.4 Å². The number of morpholine rings is 1. The van der Waals surface area contributed by atoms with Crippen molar-refractivity contribution in [2.24, 2.45) is 0 Å². The van der Waals surface area contributed by atoms with Crippen LogP contribution in [-0.2, 0) is 4.74 Å². The average molecular weight is 247 g/mol. The number of nitrogens with one attached hydrogen (secondary N) is 1. The molecule has 0 aromatic heterocycles. The van der Waals surface area contributed by atoms with E-state index in [0.717, 1.165) is 24.5 Å². The second kappa shape index (κ2) is 6.03. The lowest BCUT2D eigenvalue weighted by Crippen LogP contribution is -2.46. The predicted octanol–water partition coefficient (Wildman–Crippen LogP) is 2.39. The third-order valence-electron chi connectivity index (χ3n) is 3.06. The van der Waals surface area contributed by atoms with Gasteiger partial charge in [-0.05, 0) is 26.0 Å². The Morgan fingerprint density at radius 3 is 2.94 bits per heavy atom. The van der Waals surface area contributed by atoms with Crippen molar-refractivity contribution in [2.45, 2.75) is 25.9 Å². The fourth-order valence-electron chi connectivity index (χ4n) is 2.15. The third kappa shape index (κ3) is 3.34. The molecule has 1 aliphatic heterocycles. The zero-order valence-corrected chi connectivity index (χ0v) is 11.3. The predicted molar refractivity (Wildman–Crippen MR) is 74.0 cm³/mol. The molecule has 1 aromatic rings. The Labute approximate surface area is 109 Å². The first kappa shape index (κ1) is 13.1. The molecule has 1 fully saturated rings. The van der Waals surface area contributed by atoms with Crippen molar-refractivity contribution in [3.8, 4) is 5.75 Å². The van der Waals surface area contributed by atoms with Gasteiger partial charge < -0.3 is 14.8 Å². The zero-order chi connectivity index (χ0) is 13.0. The van der Waals surface area contributed by atoms with E-state index in [4.69, 9.17) is 9.47 Å². The summed E-state index contributed by atoms with van der Waals surface area (Å²) in [7, 11) is 1.70. The molecular formula is C15H21NO2. The monoisotopic (exact) mass is 247 g/mol. The molecule has 1 aliphatic rings. The first-order valence-corrected chi connectivity index (χ1v) is 6.35. The molecule has 1 heterocycles. The molecule has 0 saturated carbocycles. The summed E-state index contributed by atoms with van der Waals surface area (Å²) in [6, 6.07) is 6.87. The average Bonchev–Trinajstić information content (AvgIpc) is 2.37. The highest BCUT2D eigenvalue weighted by atomic mass is 16.5. The molecule has 3 nitrogen and oxygen atoms in total. The van der Waals surface area contributed by atoms with Gasteiger partial charge in [-0.1, -0.05) is 23.8 Å². The lowest BCUT2D eigenvalue weighted by Gasteiger charge is -2.26. The van der Waals surface area contributed by atoms with Crippen molar-refractivity contribution in [3.05, 3.63) is 35.4 Å². The van der Waals surface area contributed by atoms with Crippen molar-refractivity contribution in [2.75, 3.05) is 20.3 Å². The zero-order valence-electron chi connectivity index (χ0n) is 11.3. The number of ether oxygens (including phenoxy) is 2. The van der Waals surface area contributed by atoms with Crippen molar-refractivity contribution in [1.82, 2.24) is 5.32 Å². The molecule has 98 valence electrons. The van der Waals surface area contributed by atoms with Gasteiger partial charge in [0.2, 0.25) is 0 Å². The van der Waals surface area contributed by atoms with Gasteiger partial charge in [0.15, 0.2) is 0 Å². The molecule has 18 heavy (non-hydrogen) atoms. The maximum absolute atomic E-state index is 5.52. The summed E-state index contributed by atoms with van der Waals surface area (Å²) in [4.78, 5) is 0. The molecule has 2 atom stereocenters. The number of rotatable bonds is 3. The van der Waals surface area contributed by atoms with Crippen molar-refractivity contribution < 1.29 is 9.47 Å². The second-order valence-corrected chi connectivity index (χ2v) is 4.82. The number of methoxy groups -OCH3 is 1. The maximum Gasteiger partial charge on any atom is 0.126 e. The number of benzene rings is 1. The van der Waals surface area contributed by atoms with Crippen LogP contribution in [0.25, 0.3) is 6.08 Å². The molecule has 3 heteroatoms. The summed E-state index contributed by atoms with van der Waals surface area (Å²) < 4.78 is 10.9. The molecule has 0 spiro atoms. The highest BCUT2D eigenvalue weighted by molar-refractivity contribution is 5.58. The Kier molecular flexibility index (Phi) is 4.39. The first-order valence-electron chi connectivity index (χ1n) is 6.35. The van der Waals surface area contributed by atoms with Crippen LogP contribution in [0.2, 0.25) is 0 Å². The minimum atomic E-state index is 0.277. The van der Waals surface area contributed by atoms with E-state index in [-0.39, 0.29) is 6.04 Å². The van der Waals surface area contributed by atoms with E-state index in [1.54, 1.807) is 7.11 Å². The van der Waals surface area contributed by atoms with Gasteiger partial charge in [-0.3, -0.25) is 0 Å². The SMILES string of the molecule is COc1ccc(C)cc1/C=C/C1COCC(C)N1. The molecule has 1 saturated heterocycles. The Bertz CT molecular complexity index is 429. The van der Waals surface area contributed by atoms with Gasteiger partial charge in [-0.25, -0.2) is 0 Å². The summed E-state index contributed by atoms with van der Waals surface area (Å²) in [6.45, 7) is 5.74. The highest BCUT2D eigenvalue weighted by Crippen LogP contribution is 2.21. The first-order chi connectivity index (χ1) is 8.69. The van der Waals surface area contributed by atoms with E-state index >= 15 is 0 Å². The molecular weight excluding hydrogens is 226 g/mol. The van der Waals surface area contributed by atoms with E-state index in [1.807, 2.05) is 6.07 Å². The van der Waals surface area contributed by atoms with Crippen LogP contribution >= 0.6 is 0 Å². The molecule has 0 radical (unpaired) electrons. The van der Waals surface area contributed by atoms with Crippen LogP contribution in [0.5, 0.6) is 5.75 Å². The third-order valence-corrected chi connectivity index (χ3v) is 3.06.